The Morgan fingerprint density at radius 3 is 2.33 bits per heavy atom. The maximum Gasteiger partial charge on any atom is 0.313 e. The Labute approximate surface area is 146 Å². The van der Waals surface area contributed by atoms with E-state index in [9.17, 15) is 9.59 Å². The molecule has 128 valence electrons. The molecule has 2 amide bonds. The average molecular weight is 345 g/mol. The Kier molecular flexibility index (Phi) is 5.72. The first-order valence-electron chi connectivity index (χ1n) is 7.92. The third kappa shape index (κ3) is 4.89. The van der Waals surface area contributed by atoms with Gasteiger partial charge < -0.3 is 10.6 Å². The largest absolute Gasteiger partial charge is 0.342 e. The van der Waals surface area contributed by atoms with E-state index >= 15 is 0 Å². The molecule has 0 radical (unpaired) electrons. The number of rotatable bonds is 4. The molecule has 0 saturated heterocycles. The van der Waals surface area contributed by atoms with Gasteiger partial charge in [-0.05, 0) is 24.1 Å². The summed E-state index contributed by atoms with van der Waals surface area (Å²) in [5.41, 5.74) is 2.53. The van der Waals surface area contributed by atoms with Crippen molar-refractivity contribution >= 4 is 28.8 Å². The van der Waals surface area contributed by atoms with Crippen molar-refractivity contribution in [1.82, 2.24) is 10.3 Å². The summed E-state index contributed by atoms with van der Waals surface area (Å²) in [4.78, 5) is 28.3. The number of aryl methyl sites for hydroxylation is 1. The first-order chi connectivity index (χ1) is 11.3. The first kappa shape index (κ1) is 18.1. The van der Waals surface area contributed by atoms with Gasteiger partial charge in [-0.2, -0.15) is 0 Å². The number of hydrogen-bond acceptors (Lipinski definition) is 4. The van der Waals surface area contributed by atoms with Crippen LogP contribution in [0.25, 0.3) is 0 Å². The number of amides is 2. The zero-order chi connectivity index (χ0) is 17.7. The van der Waals surface area contributed by atoms with Gasteiger partial charge in [0, 0.05) is 16.5 Å². The molecular weight excluding hydrogens is 322 g/mol. The zero-order valence-electron chi connectivity index (χ0n) is 14.5. The van der Waals surface area contributed by atoms with E-state index in [4.69, 9.17) is 0 Å². The Bertz CT molecular complexity index is 715. The van der Waals surface area contributed by atoms with E-state index in [0.29, 0.717) is 5.69 Å². The quantitative estimate of drug-likeness (QED) is 0.836. The number of carbonyl (C=O) groups excluding carboxylic acids is 2. The molecule has 2 rings (SSSR count). The molecule has 1 aromatic heterocycles. The van der Waals surface area contributed by atoms with Crippen LogP contribution in [0, 0.1) is 0 Å². The fourth-order valence-electron chi connectivity index (χ4n) is 2.00. The van der Waals surface area contributed by atoms with Gasteiger partial charge in [-0.25, -0.2) is 4.98 Å². The molecule has 0 fully saturated rings. The summed E-state index contributed by atoms with van der Waals surface area (Å²) in [5.74, 6) is -1.34. The smallest absolute Gasteiger partial charge is 0.313 e. The number of nitrogens with zero attached hydrogens (tertiary/aromatic N) is 1. The summed E-state index contributed by atoms with van der Waals surface area (Å²) >= 11 is 1.56. The normalized spacial score (nSPS) is 11.2. The van der Waals surface area contributed by atoms with Crippen molar-refractivity contribution < 1.29 is 9.59 Å². The van der Waals surface area contributed by atoms with E-state index < -0.39 is 11.8 Å². The van der Waals surface area contributed by atoms with E-state index in [-0.39, 0.29) is 12.0 Å². The van der Waals surface area contributed by atoms with Crippen molar-refractivity contribution in [3.8, 4) is 0 Å². The summed E-state index contributed by atoms with van der Waals surface area (Å²) in [6.45, 7) is 8.57. The number of aromatic nitrogens is 1. The second-order valence-electron chi connectivity index (χ2n) is 6.58. The van der Waals surface area contributed by atoms with Crippen molar-refractivity contribution in [2.24, 2.45) is 0 Å². The summed E-state index contributed by atoms with van der Waals surface area (Å²) in [6.07, 6.45) is 0.929. The molecule has 2 N–H and O–H groups in total. The van der Waals surface area contributed by atoms with Gasteiger partial charge in [0.1, 0.15) is 0 Å². The molecule has 2 aromatic rings. The van der Waals surface area contributed by atoms with E-state index in [2.05, 4.69) is 43.3 Å². The van der Waals surface area contributed by atoms with Crippen molar-refractivity contribution in [3.63, 3.8) is 0 Å². The second kappa shape index (κ2) is 7.57. The maximum atomic E-state index is 11.9. The molecule has 0 unspecified atom stereocenters. The van der Waals surface area contributed by atoms with Gasteiger partial charge in [-0.3, -0.25) is 9.59 Å². The first-order valence-corrected chi connectivity index (χ1v) is 8.80. The minimum atomic E-state index is -0.675. The van der Waals surface area contributed by atoms with Crippen LogP contribution in [0.3, 0.4) is 0 Å². The van der Waals surface area contributed by atoms with Crippen LogP contribution in [0.15, 0.2) is 29.6 Å². The van der Waals surface area contributed by atoms with Crippen molar-refractivity contribution in [2.75, 3.05) is 5.32 Å². The SMILES string of the molecule is CCc1ccc(NC(=O)C(=O)NCc2csc(C(C)(C)C)n2)cc1. The van der Waals surface area contributed by atoms with Crippen LogP contribution >= 0.6 is 11.3 Å². The van der Waals surface area contributed by atoms with Gasteiger partial charge in [-0.15, -0.1) is 11.3 Å². The molecule has 5 nitrogen and oxygen atoms in total. The lowest BCUT2D eigenvalue weighted by molar-refractivity contribution is -0.136. The second-order valence-corrected chi connectivity index (χ2v) is 7.44. The molecule has 0 aliphatic heterocycles. The van der Waals surface area contributed by atoms with Crippen molar-refractivity contribution in [1.29, 1.82) is 0 Å². The van der Waals surface area contributed by atoms with Crippen LogP contribution in [-0.4, -0.2) is 16.8 Å². The van der Waals surface area contributed by atoms with Gasteiger partial charge in [0.2, 0.25) is 0 Å². The lowest BCUT2D eigenvalue weighted by atomic mass is 9.98. The number of anilines is 1. The predicted molar refractivity (Wildman–Crippen MR) is 97.1 cm³/mol. The van der Waals surface area contributed by atoms with Gasteiger partial charge in [0.25, 0.3) is 0 Å². The fraction of sp³-hybridized carbons (Fsp3) is 0.389. The average Bonchev–Trinajstić information content (AvgIpc) is 3.02. The summed E-state index contributed by atoms with van der Waals surface area (Å²) in [6, 6.07) is 7.44. The highest BCUT2D eigenvalue weighted by atomic mass is 32.1. The lowest BCUT2D eigenvalue weighted by Gasteiger charge is -2.13. The number of hydrogen-bond donors (Lipinski definition) is 2. The summed E-state index contributed by atoms with van der Waals surface area (Å²) in [7, 11) is 0. The van der Waals surface area contributed by atoms with Gasteiger partial charge in [0.05, 0.1) is 17.2 Å². The fourth-order valence-corrected chi connectivity index (χ4v) is 2.90. The van der Waals surface area contributed by atoms with Crippen molar-refractivity contribution in [3.05, 3.63) is 45.9 Å². The summed E-state index contributed by atoms with van der Waals surface area (Å²) in [5, 5.41) is 8.10. The van der Waals surface area contributed by atoms with Crippen molar-refractivity contribution in [2.45, 2.75) is 46.1 Å². The topological polar surface area (TPSA) is 71.1 Å². The van der Waals surface area contributed by atoms with E-state index in [1.165, 1.54) is 5.56 Å². The minimum absolute atomic E-state index is 0.0189. The predicted octanol–water partition coefficient (Wildman–Crippen LogP) is 3.26. The van der Waals surface area contributed by atoms with Crippen LogP contribution in [0.1, 0.15) is 44.0 Å². The van der Waals surface area contributed by atoms with E-state index in [1.807, 2.05) is 17.5 Å². The van der Waals surface area contributed by atoms with E-state index in [0.717, 1.165) is 17.1 Å². The number of nitrogens with one attached hydrogen (secondary N) is 2. The zero-order valence-corrected chi connectivity index (χ0v) is 15.3. The van der Waals surface area contributed by atoms with E-state index in [1.54, 1.807) is 23.5 Å². The summed E-state index contributed by atoms with van der Waals surface area (Å²) < 4.78 is 0. The molecule has 0 aliphatic rings. The number of benzene rings is 1. The Balaban J connectivity index is 1.87. The Morgan fingerprint density at radius 2 is 1.79 bits per heavy atom. The van der Waals surface area contributed by atoms with Crippen LogP contribution in [0.2, 0.25) is 0 Å². The van der Waals surface area contributed by atoms with Crippen LogP contribution in [-0.2, 0) is 28.0 Å². The molecule has 1 heterocycles. The van der Waals surface area contributed by atoms with Gasteiger partial charge >= 0.3 is 11.8 Å². The molecule has 1 aromatic carbocycles. The molecular formula is C18H23N3O2S. The van der Waals surface area contributed by atoms with Crippen LogP contribution in [0.5, 0.6) is 0 Å². The van der Waals surface area contributed by atoms with Gasteiger partial charge in [0.15, 0.2) is 0 Å². The minimum Gasteiger partial charge on any atom is -0.342 e. The number of thiazole rings is 1. The molecule has 0 atom stereocenters. The standard InChI is InChI=1S/C18H23N3O2S/c1-5-12-6-8-13(9-7-12)20-16(23)15(22)19-10-14-11-24-17(21-14)18(2,3)4/h6-9,11H,5,10H2,1-4H3,(H,19,22)(H,20,23). The molecule has 0 saturated carbocycles. The highest BCUT2D eigenvalue weighted by Gasteiger charge is 2.19. The third-order valence-corrected chi connectivity index (χ3v) is 4.77. The van der Waals surface area contributed by atoms with Crippen LogP contribution in [0.4, 0.5) is 5.69 Å². The van der Waals surface area contributed by atoms with Crippen LogP contribution < -0.4 is 10.6 Å². The maximum absolute atomic E-state index is 11.9. The monoisotopic (exact) mass is 345 g/mol. The molecule has 6 heteroatoms. The Morgan fingerprint density at radius 1 is 1.12 bits per heavy atom. The molecule has 0 bridgehead atoms. The third-order valence-electron chi connectivity index (χ3n) is 3.45. The molecule has 0 spiro atoms. The highest BCUT2D eigenvalue weighted by Crippen LogP contribution is 2.25. The van der Waals surface area contributed by atoms with Gasteiger partial charge in [-0.1, -0.05) is 39.8 Å². The highest BCUT2D eigenvalue weighted by molar-refractivity contribution is 7.09. The molecule has 0 aliphatic carbocycles. The lowest BCUT2D eigenvalue weighted by Crippen LogP contribution is -2.35. The Hall–Kier alpha value is -2.21. The number of carbonyl (C=O) groups is 2. The molecule has 24 heavy (non-hydrogen) atoms.